The number of phenols is 1. The molecule has 1 aliphatic heterocycles. The summed E-state index contributed by atoms with van der Waals surface area (Å²) in [4.78, 5) is 2.32. The molecule has 1 heterocycles. The van der Waals surface area contributed by atoms with Crippen molar-refractivity contribution < 1.29 is 9.50 Å². The van der Waals surface area contributed by atoms with Gasteiger partial charge in [-0.15, -0.1) is 24.8 Å². The summed E-state index contributed by atoms with van der Waals surface area (Å²) in [5.74, 6) is -0.717. The van der Waals surface area contributed by atoms with Crippen LogP contribution in [0.1, 0.15) is 32.4 Å². The highest BCUT2D eigenvalue weighted by Gasteiger charge is 2.35. The fourth-order valence-electron chi connectivity index (χ4n) is 2.93. The molecule has 3 nitrogen and oxygen atoms in total. The summed E-state index contributed by atoms with van der Waals surface area (Å²) in [5, 5.41) is 13.4. The lowest BCUT2D eigenvalue weighted by molar-refractivity contribution is 0.0842. The Labute approximate surface area is 149 Å². The minimum Gasteiger partial charge on any atom is -0.506 e. The maximum Gasteiger partial charge on any atom is 0.145 e. The number of nitrogens with zero attached hydrogens (tertiary/aromatic N) is 1. The Balaban J connectivity index is 0.00000220. The molecule has 0 spiro atoms. The summed E-state index contributed by atoms with van der Waals surface area (Å²) in [5.41, 5.74) is 0.612. The van der Waals surface area contributed by atoms with Crippen molar-refractivity contribution in [3.8, 4) is 5.75 Å². The van der Waals surface area contributed by atoms with Crippen molar-refractivity contribution in [2.75, 3.05) is 26.2 Å². The fourth-order valence-corrected chi connectivity index (χ4v) is 3.10. The standard InChI is InChI=1S/C15H22ClFN2O.2ClH/c1-15(2,3)14(19-8-6-18-7-9-19)10-4-5-11(17)12(16)13(10)20;;/h4-5,14,18,20H,6-9H2,1-3H3;2*1H/t14-;;/m1../s1. The summed E-state index contributed by atoms with van der Waals surface area (Å²) >= 11 is 5.86. The molecule has 0 aromatic heterocycles. The molecule has 2 rings (SSSR count). The lowest BCUT2D eigenvalue weighted by atomic mass is 9.80. The molecule has 0 unspecified atom stereocenters. The van der Waals surface area contributed by atoms with Gasteiger partial charge in [0.2, 0.25) is 0 Å². The molecule has 0 bridgehead atoms. The molecule has 22 heavy (non-hydrogen) atoms. The average molecular weight is 374 g/mol. The summed E-state index contributed by atoms with van der Waals surface area (Å²) in [7, 11) is 0. The maximum absolute atomic E-state index is 13.4. The van der Waals surface area contributed by atoms with E-state index in [2.05, 4.69) is 31.0 Å². The summed E-state index contributed by atoms with van der Waals surface area (Å²) in [6.07, 6.45) is 0. The molecule has 1 atom stereocenters. The van der Waals surface area contributed by atoms with E-state index in [1.54, 1.807) is 6.07 Å². The van der Waals surface area contributed by atoms with Crippen molar-refractivity contribution in [3.63, 3.8) is 0 Å². The van der Waals surface area contributed by atoms with E-state index in [0.29, 0.717) is 5.56 Å². The highest BCUT2D eigenvalue weighted by molar-refractivity contribution is 6.32. The molecule has 0 aliphatic carbocycles. The summed E-state index contributed by atoms with van der Waals surface area (Å²) in [6, 6.07) is 2.98. The molecule has 2 N–H and O–H groups in total. The van der Waals surface area contributed by atoms with Crippen molar-refractivity contribution in [2.45, 2.75) is 26.8 Å². The molecule has 0 amide bonds. The van der Waals surface area contributed by atoms with Crippen LogP contribution < -0.4 is 5.32 Å². The van der Waals surface area contributed by atoms with Crippen LogP contribution >= 0.6 is 36.4 Å². The van der Waals surface area contributed by atoms with Crippen LogP contribution in [-0.2, 0) is 0 Å². The smallest absolute Gasteiger partial charge is 0.145 e. The van der Waals surface area contributed by atoms with Gasteiger partial charge in [-0.3, -0.25) is 4.90 Å². The topological polar surface area (TPSA) is 35.5 Å². The van der Waals surface area contributed by atoms with Crippen LogP contribution in [0, 0.1) is 11.2 Å². The van der Waals surface area contributed by atoms with Crippen LogP contribution in [0.5, 0.6) is 5.75 Å². The summed E-state index contributed by atoms with van der Waals surface area (Å²) in [6.45, 7) is 10.0. The third-order valence-corrected chi connectivity index (χ3v) is 4.09. The van der Waals surface area contributed by atoms with E-state index in [0.717, 1.165) is 26.2 Å². The van der Waals surface area contributed by atoms with Gasteiger partial charge >= 0.3 is 0 Å². The van der Waals surface area contributed by atoms with Gasteiger partial charge in [0.25, 0.3) is 0 Å². The van der Waals surface area contributed by atoms with E-state index in [4.69, 9.17) is 11.6 Å². The number of aromatic hydroxyl groups is 1. The van der Waals surface area contributed by atoms with E-state index < -0.39 is 5.82 Å². The van der Waals surface area contributed by atoms with Gasteiger partial charge in [0.15, 0.2) is 0 Å². The number of nitrogens with one attached hydrogen (secondary N) is 1. The molecule has 1 fully saturated rings. The third kappa shape index (κ3) is 4.62. The lowest BCUT2D eigenvalue weighted by Crippen LogP contribution is -2.48. The number of hydrogen-bond acceptors (Lipinski definition) is 3. The quantitative estimate of drug-likeness (QED) is 0.822. The molecule has 7 heteroatoms. The number of piperazine rings is 1. The van der Waals surface area contributed by atoms with Crippen LogP contribution in [0.25, 0.3) is 0 Å². The van der Waals surface area contributed by atoms with Crippen LogP contribution in [0.3, 0.4) is 0 Å². The lowest BCUT2D eigenvalue weighted by Gasteiger charge is -2.42. The number of phenolic OH excluding ortho intramolecular Hbond substituents is 1. The van der Waals surface area contributed by atoms with Gasteiger partial charge in [-0.2, -0.15) is 0 Å². The molecule has 1 aliphatic rings. The van der Waals surface area contributed by atoms with Crippen LogP contribution in [-0.4, -0.2) is 36.2 Å². The zero-order valence-corrected chi connectivity index (χ0v) is 15.4. The molecule has 0 radical (unpaired) electrons. The van der Waals surface area contributed by atoms with Gasteiger partial charge in [-0.25, -0.2) is 4.39 Å². The second-order valence-corrected chi connectivity index (χ2v) is 6.73. The van der Waals surface area contributed by atoms with Gasteiger partial charge in [-0.1, -0.05) is 38.4 Å². The SMILES string of the molecule is CC(C)(C)[C@@H](c1ccc(F)c(Cl)c1O)N1CCNCC1.Cl.Cl. The average Bonchev–Trinajstić information content (AvgIpc) is 2.39. The fraction of sp³-hybridized carbons (Fsp3) is 0.600. The van der Waals surface area contributed by atoms with E-state index in [-0.39, 0.29) is 47.0 Å². The number of hydrogen-bond donors (Lipinski definition) is 2. The highest BCUT2D eigenvalue weighted by atomic mass is 35.5. The number of benzene rings is 1. The number of rotatable bonds is 2. The number of halogens is 4. The Morgan fingerprint density at radius 2 is 1.77 bits per heavy atom. The zero-order chi connectivity index (χ0) is 14.9. The predicted octanol–water partition coefficient (Wildman–Crippen LogP) is 4.02. The second-order valence-electron chi connectivity index (χ2n) is 6.35. The predicted molar refractivity (Wildman–Crippen MR) is 94.2 cm³/mol. The Morgan fingerprint density at radius 1 is 1.23 bits per heavy atom. The first-order chi connectivity index (χ1) is 9.32. The first-order valence-electron chi connectivity index (χ1n) is 6.94. The van der Waals surface area contributed by atoms with Crippen molar-refractivity contribution in [2.24, 2.45) is 5.41 Å². The second kappa shape index (κ2) is 8.55. The monoisotopic (exact) mass is 372 g/mol. The van der Waals surface area contributed by atoms with Gasteiger partial charge in [-0.05, 0) is 11.5 Å². The molecular weight excluding hydrogens is 350 g/mol. The van der Waals surface area contributed by atoms with Gasteiger partial charge in [0.1, 0.15) is 16.6 Å². The highest BCUT2D eigenvalue weighted by Crippen LogP contribution is 2.44. The zero-order valence-electron chi connectivity index (χ0n) is 13.0. The van der Waals surface area contributed by atoms with E-state index in [1.165, 1.54) is 6.07 Å². The third-order valence-electron chi connectivity index (χ3n) is 3.73. The Bertz CT molecular complexity index is 488. The Hall–Kier alpha value is -0.260. The van der Waals surface area contributed by atoms with E-state index >= 15 is 0 Å². The van der Waals surface area contributed by atoms with E-state index in [9.17, 15) is 9.50 Å². The van der Waals surface area contributed by atoms with Crippen molar-refractivity contribution in [1.82, 2.24) is 10.2 Å². The first kappa shape index (κ1) is 21.7. The summed E-state index contributed by atoms with van der Waals surface area (Å²) < 4.78 is 13.4. The molecule has 1 saturated heterocycles. The molecule has 1 aromatic rings. The maximum atomic E-state index is 13.4. The molecule has 128 valence electrons. The minimum absolute atomic E-state index is 0. The Morgan fingerprint density at radius 3 is 2.27 bits per heavy atom. The molecule has 0 saturated carbocycles. The minimum atomic E-state index is -0.583. The molecular formula is C15H24Cl3FN2O. The largest absolute Gasteiger partial charge is 0.506 e. The van der Waals surface area contributed by atoms with Gasteiger partial charge in [0.05, 0.1) is 0 Å². The normalized spacial score (nSPS) is 17.3. The first-order valence-corrected chi connectivity index (χ1v) is 7.32. The van der Waals surface area contributed by atoms with Gasteiger partial charge < -0.3 is 10.4 Å². The van der Waals surface area contributed by atoms with Crippen LogP contribution in [0.15, 0.2) is 12.1 Å². The van der Waals surface area contributed by atoms with Crippen molar-refractivity contribution >= 4 is 36.4 Å². The van der Waals surface area contributed by atoms with E-state index in [1.807, 2.05) is 0 Å². The van der Waals surface area contributed by atoms with Crippen molar-refractivity contribution in [1.29, 1.82) is 0 Å². The van der Waals surface area contributed by atoms with Crippen LogP contribution in [0.4, 0.5) is 4.39 Å². The Kier molecular flexibility index (Phi) is 8.45. The molecule has 1 aromatic carbocycles. The van der Waals surface area contributed by atoms with Crippen LogP contribution in [0.2, 0.25) is 5.02 Å². The van der Waals surface area contributed by atoms with Crippen molar-refractivity contribution in [3.05, 3.63) is 28.5 Å². The van der Waals surface area contributed by atoms with Gasteiger partial charge in [0, 0.05) is 37.8 Å².